The van der Waals surface area contributed by atoms with E-state index in [1.807, 2.05) is 24.6 Å². The summed E-state index contributed by atoms with van der Waals surface area (Å²) in [7, 11) is 1.63. The Bertz CT molecular complexity index is 511. The SMILES string of the molecule is CCc1occc1C(NN)c1c(OC)cnn1CC. The zero-order valence-electron chi connectivity index (χ0n) is 11.5. The highest BCUT2D eigenvalue weighted by atomic mass is 16.5. The number of aromatic nitrogens is 2. The number of hydrogen-bond donors (Lipinski definition) is 2. The quantitative estimate of drug-likeness (QED) is 0.612. The molecule has 3 N–H and O–H groups in total. The van der Waals surface area contributed by atoms with Gasteiger partial charge in [0.2, 0.25) is 0 Å². The van der Waals surface area contributed by atoms with Crippen LogP contribution in [-0.2, 0) is 13.0 Å². The number of nitrogens with zero attached hydrogens (tertiary/aromatic N) is 2. The van der Waals surface area contributed by atoms with Crippen molar-refractivity contribution in [3.05, 3.63) is 35.5 Å². The van der Waals surface area contributed by atoms with Crippen molar-refractivity contribution in [3.63, 3.8) is 0 Å². The van der Waals surface area contributed by atoms with E-state index in [2.05, 4.69) is 10.5 Å². The monoisotopic (exact) mass is 264 g/mol. The van der Waals surface area contributed by atoms with Crippen LogP contribution in [0.1, 0.15) is 36.9 Å². The van der Waals surface area contributed by atoms with Crippen LogP contribution < -0.4 is 16.0 Å². The molecule has 0 amide bonds. The van der Waals surface area contributed by atoms with Crippen molar-refractivity contribution in [2.24, 2.45) is 5.84 Å². The van der Waals surface area contributed by atoms with Crippen molar-refractivity contribution in [2.45, 2.75) is 32.9 Å². The van der Waals surface area contributed by atoms with Gasteiger partial charge in [0.1, 0.15) is 11.5 Å². The van der Waals surface area contributed by atoms with Crippen LogP contribution >= 0.6 is 0 Å². The molecule has 19 heavy (non-hydrogen) atoms. The van der Waals surface area contributed by atoms with Crippen LogP contribution in [0.5, 0.6) is 5.75 Å². The van der Waals surface area contributed by atoms with E-state index in [4.69, 9.17) is 15.0 Å². The lowest BCUT2D eigenvalue weighted by atomic mass is 10.0. The first-order chi connectivity index (χ1) is 9.26. The minimum Gasteiger partial charge on any atom is -0.493 e. The van der Waals surface area contributed by atoms with Crippen molar-refractivity contribution < 1.29 is 9.15 Å². The fourth-order valence-corrected chi connectivity index (χ4v) is 2.29. The molecule has 1 unspecified atom stereocenters. The average molecular weight is 264 g/mol. The topological polar surface area (TPSA) is 78.2 Å². The lowest BCUT2D eigenvalue weighted by Gasteiger charge is -2.18. The predicted molar refractivity (Wildman–Crippen MR) is 71.7 cm³/mol. The van der Waals surface area contributed by atoms with Gasteiger partial charge >= 0.3 is 0 Å². The summed E-state index contributed by atoms with van der Waals surface area (Å²) in [4.78, 5) is 0. The second kappa shape index (κ2) is 5.90. The van der Waals surface area contributed by atoms with Gasteiger partial charge in [0.25, 0.3) is 0 Å². The third-order valence-electron chi connectivity index (χ3n) is 3.22. The van der Waals surface area contributed by atoms with Crippen LogP contribution in [0.3, 0.4) is 0 Å². The summed E-state index contributed by atoms with van der Waals surface area (Å²) < 4.78 is 12.7. The van der Waals surface area contributed by atoms with Gasteiger partial charge in [-0.3, -0.25) is 10.5 Å². The summed E-state index contributed by atoms with van der Waals surface area (Å²) in [6.45, 7) is 4.82. The van der Waals surface area contributed by atoms with E-state index in [9.17, 15) is 0 Å². The fraction of sp³-hybridized carbons (Fsp3) is 0.462. The van der Waals surface area contributed by atoms with Gasteiger partial charge in [-0.1, -0.05) is 6.92 Å². The van der Waals surface area contributed by atoms with Gasteiger partial charge in [-0.05, 0) is 13.0 Å². The highest BCUT2D eigenvalue weighted by Crippen LogP contribution is 2.31. The number of methoxy groups -OCH3 is 1. The molecule has 0 aliphatic carbocycles. The normalized spacial score (nSPS) is 12.6. The summed E-state index contributed by atoms with van der Waals surface area (Å²) in [6, 6.07) is 1.72. The summed E-state index contributed by atoms with van der Waals surface area (Å²) in [5.74, 6) is 7.36. The number of rotatable bonds is 6. The Morgan fingerprint density at radius 1 is 1.53 bits per heavy atom. The maximum Gasteiger partial charge on any atom is 0.161 e. The standard InChI is InChI=1S/C13H20N4O2/c1-4-10-9(6-7-19-10)12(16-14)13-11(18-3)8-15-17(13)5-2/h6-8,12,16H,4-5,14H2,1-3H3. The molecule has 0 fully saturated rings. The molecule has 2 rings (SSSR count). The highest BCUT2D eigenvalue weighted by molar-refractivity contribution is 5.37. The lowest BCUT2D eigenvalue weighted by Crippen LogP contribution is -2.31. The molecule has 0 aromatic carbocycles. The zero-order valence-corrected chi connectivity index (χ0v) is 11.5. The van der Waals surface area contributed by atoms with Gasteiger partial charge in [-0.25, -0.2) is 5.43 Å². The number of aryl methyl sites for hydroxylation is 2. The van der Waals surface area contributed by atoms with E-state index < -0.39 is 0 Å². The first-order valence-corrected chi connectivity index (χ1v) is 6.38. The molecule has 6 nitrogen and oxygen atoms in total. The molecule has 0 radical (unpaired) electrons. The number of nitrogens with one attached hydrogen (secondary N) is 1. The third-order valence-corrected chi connectivity index (χ3v) is 3.22. The van der Waals surface area contributed by atoms with Crippen molar-refractivity contribution in [1.82, 2.24) is 15.2 Å². The van der Waals surface area contributed by atoms with Gasteiger partial charge in [0, 0.05) is 18.5 Å². The maximum atomic E-state index is 5.74. The van der Waals surface area contributed by atoms with Crippen LogP contribution in [0.4, 0.5) is 0 Å². The molecule has 0 spiro atoms. The number of ether oxygens (including phenoxy) is 1. The smallest absolute Gasteiger partial charge is 0.161 e. The molecule has 6 heteroatoms. The Hall–Kier alpha value is -1.79. The molecule has 0 saturated heterocycles. The molecular formula is C13H20N4O2. The van der Waals surface area contributed by atoms with Gasteiger partial charge in [0.05, 0.1) is 25.6 Å². The number of hydrazine groups is 1. The van der Waals surface area contributed by atoms with Gasteiger partial charge in [-0.2, -0.15) is 5.10 Å². The molecule has 2 aromatic rings. The fourth-order valence-electron chi connectivity index (χ4n) is 2.29. The highest BCUT2D eigenvalue weighted by Gasteiger charge is 2.25. The number of nitrogens with two attached hydrogens (primary N) is 1. The predicted octanol–water partition coefficient (Wildman–Crippen LogP) is 1.62. The average Bonchev–Trinajstić information content (AvgIpc) is 3.06. The summed E-state index contributed by atoms with van der Waals surface area (Å²) in [5.41, 5.74) is 4.75. The second-order valence-corrected chi connectivity index (χ2v) is 4.17. The Kier molecular flexibility index (Phi) is 4.24. The second-order valence-electron chi connectivity index (χ2n) is 4.17. The van der Waals surface area contributed by atoms with Crippen molar-refractivity contribution >= 4 is 0 Å². The summed E-state index contributed by atoms with van der Waals surface area (Å²) in [6.07, 6.45) is 4.19. The Balaban J connectivity index is 2.50. The molecular weight excluding hydrogens is 244 g/mol. The Morgan fingerprint density at radius 3 is 2.89 bits per heavy atom. The summed E-state index contributed by atoms with van der Waals surface area (Å²) >= 11 is 0. The van der Waals surface area contributed by atoms with E-state index in [1.54, 1.807) is 19.6 Å². The van der Waals surface area contributed by atoms with Crippen molar-refractivity contribution in [2.75, 3.05) is 7.11 Å². The number of furan rings is 1. The Morgan fingerprint density at radius 2 is 2.32 bits per heavy atom. The molecule has 104 valence electrons. The van der Waals surface area contributed by atoms with E-state index in [0.717, 1.165) is 30.0 Å². The van der Waals surface area contributed by atoms with Crippen molar-refractivity contribution in [1.29, 1.82) is 0 Å². The van der Waals surface area contributed by atoms with Crippen molar-refractivity contribution in [3.8, 4) is 5.75 Å². The summed E-state index contributed by atoms with van der Waals surface area (Å²) in [5, 5.41) is 4.31. The van der Waals surface area contributed by atoms with Gasteiger partial charge in [0.15, 0.2) is 5.75 Å². The maximum absolute atomic E-state index is 5.74. The van der Waals surface area contributed by atoms with E-state index in [0.29, 0.717) is 5.75 Å². The first kappa shape index (κ1) is 13.6. The van der Waals surface area contributed by atoms with E-state index in [-0.39, 0.29) is 6.04 Å². The lowest BCUT2D eigenvalue weighted by molar-refractivity contribution is 0.398. The largest absolute Gasteiger partial charge is 0.493 e. The van der Waals surface area contributed by atoms with Gasteiger partial charge in [-0.15, -0.1) is 0 Å². The minimum atomic E-state index is -0.203. The van der Waals surface area contributed by atoms with Crippen LogP contribution in [0.25, 0.3) is 0 Å². The molecule has 0 saturated carbocycles. The molecule has 2 heterocycles. The molecule has 0 aliphatic heterocycles. The Labute approximate surface area is 112 Å². The van der Waals surface area contributed by atoms with E-state index in [1.165, 1.54) is 0 Å². The molecule has 2 aromatic heterocycles. The third kappa shape index (κ3) is 2.36. The minimum absolute atomic E-state index is 0.203. The number of hydrogen-bond acceptors (Lipinski definition) is 5. The molecule has 0 bridgehead atoms. The van der Waals surface area contributed by atoms with Crippen LogP contribution in [0.15, 0.2) is 22.9 Å². The van der Waals surface area contributed by atoms with E-state index >= 15 is 0 Å². The first-order valence-electron chi connectivity index (χ1n) is 6.38. The zero-order chi connectivity index (χ0) is 13.8. The van der Waals surface area contributed by atoms with Crippen LogP contribution in [0, 0.1) is 0 Å². The van der Waals surface area contributed by atoms with Crippen LogP contribution in [-0.4, -0.2) is 16.9 Å². The molecule has 0 aliphatic rings. The molecule has 1 atom stereocenters. The van der Waals surface area contributed by atoms with Gasteiger partial charge < -0.3 is 9.15 Å². The van der Waals surface area contributed by atoms with Crippen LogP contribution in [0.2, 0.25) is 0 Å².